The van der Waals surface area contributed by atoms with Gasteiger partial charge in [0.15, 0.2) is 5.78 Å². The number of ether oxygens (including phenoxy) is 1. The molecule has 0 aromatic heterocycles. The highest BCUT2D eigenvalue weighted by Gasteiger charge is 2.70. The van der Waals surface area contributed by atoms with Gasteiger partial charge >= 0.3 is 5.97 Å². The predicted molar refractivity (Wildman–Crippen MR) is 142 cm³/mol. The van der Waals surface area contributed by atoms with Crippen LogP contribution in [0.2, 0.25) is 0 Å². The van der Waals surface area contributed by atoms with Crippen LogP contribution in [0.4, 0.5) is 0 Å². The number of methoxy groups -OCH3 is 1. The smallest absolute Gasteiger partial charge is 0.308 e. The summed E-state index contributed by atoms with van der Waals surface area (Å²) in [4.78, 5) is 51.7. The zero-order valence-corrected chi connectivity index (χ0v) is 24.3. The van der Waals surface area contributed by atoms with Gasteiger partial charge in [0.25, 0.3) is 0 Å². The number of fused-ring (bicyclic) bond motifs is 4. The Kier molecular flexibility index (Phi) is 7.18. The Morgan fingerprint density at radius 2 is 1.66 bits per heavy atom. The van der Waals surface area contributed by atoms with E-state index in [9.17, 15) is 29.4 Å². The van der Waals surface area contributed by atoms with Gasteiger partial charge in [-0.1, -0.05) is 48.5 Å². The molecule has 0 aliphatic heterocycles. The summed E-state index contributed by atoms with van der Waals surface area (Å²) in [6.45, 7) is 13.7. The molecule has 4 rings (SSSR count). The van der Waals surface area contributed by atoms with Crippen LogP contribution in [0.25, 0.3) is 0 Å². The lowest BCUT2D eigenvalue weighted by atomic mass is 9.42. The van der Waals surface area contributed by atoms with Gasteiger partial charge in [0.05, 0.1) is 25.2 Å². The molecule has 0 unspecified atom stereocenters. The average molecular weight is 531 g/mol. The molecular weight excluding hydrogens is 484 g/mol. The molecule has 0 heterocycles. The van der Waals surface area contributed by atoms with E-state index in [2.05, 4.69) is 6.92 Å². The van der Waals surface area contributed by atoms with E-state index in [1.807, 2.05) is 34.6 Å². The molecule has 7 nitrogen and oxygen atoms in total. The van der Waals surface area contributed by atoms with Gasteiger partial charge < -0.3 is 14.9 Å². The van der Waals surface area contributed by atoms with Crippen molar-refractivity contribution in [1.82, 2.24) is 0 Å². The summed E-state index contributed by atoms with van der Waals surface area (Å²) in [5, 5.41) is 23.3. The summed E-state index contributed by atoms with van der Waals surface area (Å²) in [5.74, 6) is -1.15. The monoisotopic (exact) mass is 530 g/mol. The van der Waals surface area contributed by atoms with Crippen molar-refractivity contribution in [2.24, 2.45) is 45.3 Å². The van der Waals surface area contributed by atoms with Gasteiger partial charge in [-0.05, 0) is 48.0 Å². The third-order valence-corrected chi connectivity index (χ3v) is 11.8. The summed E-state index contributed by atoms with van der Waals surface area (Å²) in [5.41, 5.74) is -1.31. The van der Waals surface area contributed by atoms with Crippen molar-refractivity contribution in [2.75, 3.05) is 7.11 Å². The quantitative estimate of drug-likeness (QED) is 0.494. The van der Waals surface area contributed by atoms with Crippen molar-refractivity contribution in [3.05, 3.63) is 11.1 Å². The third-order valence-electron chi connectivity index (χ3n) is 11.8. The Balaban J connectivity index is 1.71. The molecule has 2 fully saturated rings. The normalized spacial score (nSPS) is 41.6. The fourth-order valence-corrected chi connectivity index (χ4v) is 9.40. The summed E-state index contributed by atoms with van der Waals surface area (Å²) in [6.07, 6.45) is 0.728. The van der Waals surface area contributed by atoms with Crippen molar-refractivity contribution in [1.29, 1.82) is 0 Å². The zero-order chi connectivity index (χ0) is 28.6. The lowest BCUT2D eigenvalue weighted by molar-refractivity contribution is -0.147. The second kappa shape index (κ2) is 9.36. The van der Waals surface area contributed by atoms with E-state index >= 15 is 0 Å². The number of aliphatic hydroxyl groups excluding tert-OH is 2. The number of rotatable bonds is 6. The van der Waals surface area contributed by atoms with Crippen molar-refractivity contribution >= 4 is 23.3 Å². The molecular formula is C31H46O7. The largest absolute Gasteiger partial charge is 0.469 e. The standard InChI is InChI=1S/C31H46O7/c1-16(11-18(32)12-17(2)27(37)38-8)19-13-24(36)31(7)26-20(33)14-22-28(3,4)23(35)9-10-29(22,5)25(26)21(34)15-30(19,31)6/h16-17,19-20,22,24,33,36H,9-15H2,1-8H3/t16-,17-,19-,20+,22+,24+,29+,30-,31+/m1/s1. The van der Waals surface area contributed by atoms with Crippen LogP contribution in [-0.2, 0) is 23.9 Å². The highest BCUT2D eigenvalue weighted by Crippen LogP contribution is 2.71. The minimum atomic E-state index is -0.909. The Hall–Kier alpha value is -1.86. The van der Waals surface area contributed by atoms with Crippen LogP contribution in [-0.4, -0.2) is 52.8 Å². The fourth-order valence-electron chi connectivity index (χ4n) is 9.40. The van der Waals surface area contributed by atoms with Gasteiger partial charge in [-0.2, -0.15) is 0 Å². The highest BCUT2D eigenvalue weighted by atomic mass is 16.5. The number of hydrogen-bond acceptors (Lipinski definition) is 7. The second-order valence-electron chi connectivity index (χ2n) is 14.1. The van der Waals surface area contributed by atoms with Crippen LogP contribution in [0.15, 0.2) is 11.1 Å². The number of hydrogen-bond donors (Lipinski definition) is 2. The molecule has 0 aromatic carbocycles. The lowest BCUT2D eigenvalue weighted by Gasteiger charge is -2.61. The van der Waals surface area contributed by atoms with Crippen LogP contribution in [0.1, 0.15) is 93.4 Å². The first-order chi connectivity index (χ1) is 17.5. The molecule has 38 heavy (non-hydrogen) atoms. The molecule has 4 aliphatic rings. The molecule has 212 valence electrons. The number of carbonyl (C=O) groups is 4. The topological polar surface area (TPSA) is 118 Å². The van der Waals surface area contributed by atoms with Gasteiger partial charge in [-0.15, -0.1) is 0 Å². The van der Waals surface area contributed by atoms with E-state index in [1.54, 1.807) is 6.92 Å². The van der Waals surface area contributed by atoms with Gasteiger partial charge in [-0.25, -0.2) is 0 Å². The first-order valence-corrected chi connectivity index (χ1v) is 14.2. The first kappa shape index (κ1) is 29.1. The van der Waals surface area contributed by atoms with E-state index in [1.165, 1.54) is 7.11 Å². The third kappa shape index (κ3) is 3.89. The van der Waals surface area contributed by atoms with E-state index in [0.29, 0.717) is 36.8 Å². The lowest BCUT2D eigenvalue weighted by Crippen LogP contribution is -2.60. The molecule has 0 spiro atoms. The molecule has 0 amide bonds. The molecule has 4 aliphatic carbocycles. The first-order valence-electron chi connectivity index (χ1n) is 14.2. The van der Waals surface area contributed by atoms with Crippen LogP contribution in [0.5, 0.6) is 0 Å². The zero-order valence-electron chi connectivity index (χ0n) is 24.3. The minimum absolute atomic E-state index is 0.00770. The minimum Gasteiger partial charge on any atom is -0.469 e. The summed E-state index contributed by atoms with van der Waals surface area (Å²) < 4.78 is 4.76. The molecule has 2 N–H and O–H groups in total. The molecule has 7 heteroatoms. The Morgan fingerprint density at radius 1 is 1.03 bits per heavy atom. The van der Waals surface area contributed by atoms with Crippen molar-refractivity contribution < 1.29 is 34.1 Å². The second-order valence-corrected chi connectivity index (χ2v) is 14.1. The Labute approximate surface area is 226 Å². The Bertz CT molecular complexity index is 1090. The van der Waals surface area contributed by atoms with Gasteiger partial charge in [0, 0.05) is 47.5 Å². The van der Waals surface area contributed by atoms with E-state index < -0.39 is 45.8 Å². The number of ketones is 3. The van der Waals surface area contributed by atoms with Crippen LogP contribution >= 0.6 is 0 Å². The molecule has 0 bridgehead atoms. The fraction of sp³-hybridized carbons (Fsp3) is 0.806. The van der Waals surface area contributed by atoms with Gasteiger partial charge in [0.2, 0.25) is 0 Å². The highest BCUT2D eigenvalue weighted by molar-refractivity contribution is 6.01. The Morgan fingerprint density at radius 3 is 2.26 bits per heavy atom. The maximum atomic E-state index is 14.1. The van der Waals surface area contributed by atoms with E-state index in [-0.39, 0.29) is 54.4 Å². The number of carbonyl (C=O) groups excluding carboxylic acids is 4. The summed E-state index contributed by atoms with van der Waals surface area (Å²) in [7, 11) is 1.31. The summed E-state index contributed by atoms with van der Waals surface area (Å²) in [6, 6.07) is 0. The van der Waals surface area contributed by atoms with Crippen molar-refractivity contribution in [3.63, 3.8) is 0 Å². The van der Waals surface area contributed by atoms with Crippen molar-refractivity contribution in [3.8, 4) is 0 Å². The van der Waals surface area contributed by atoms with E-state index in [0.717, 1.165) is 0 Å². The molecule has 9 atom stereocenters. The molecule has 0 radical (unpaired) electrons. The SMILES string of the molecule is COC(=O)[C@H](C)CC(=O)C[C@@H](C)[C@H]1C[C@H](O)[C@@]2(C)C3=C(C(=O)C[C@]12C)[C@@]1(C)CCC(=O)C(C)(C)[C@@H]1C[C@@H]3O. The predicted octanol–water partition coefficient (Wildman–Crippen LogP) is 4.22. The number of esters is 1. The molecule has 0 aromatic rings. The number of aliphatic hydroxyl groups is 2. The van der Waals surface area contributed by atoms with Crippen LogP contribution in [0.3, 0.4) is 0 Å². The molecule has 2 saturated carbocycles. The van der Waals surface area contributed by atoms with Crippen LogP contribution in [0, 0.1) is 45.3 Å². The maximum Gasteiger partial charge on any atom is 0.308 e. The number of allylic oxidation sites excluding steroid dienone is 1. The molecule has 0 saturated heterocycles. The van der Waals surface area contributed by atoms with E-state index in [4.69, 9.17) is 4.74 Å². The van der Waals surface area contributed by atoms with Gasteiger partial charge in [-0.3, -0.25) is 19.2 Å². The average Bonchev–Trinajstić information content (AvgIpc) is 3.03. The summed E-state index contributed by atoms with van der Waals surface area (Å²) >= 11 is 0. The van der Waals surface area contributed by atoms with Crippen molar-refractivity contribution in [2.45, 2.75) is 106 Å². The maximum absolute atomic E-state index is 14.1. The van der Waals surface area contributed by atoms with Crippen LogP contribution < -0.4 is 0 Å². The number of Topliss-reactive ketones (excluding diaryl/α,β-unsaturated/α-hetero) is 3. The van der Waals surface area contributed by atoms with Gasteiger partial charge in [0.1, 0.15) is 11.6 Å².